The fourth-order valence-corrected chi connectivity index (χ4v) is 1.21. The maximum absolute atomic E-state index is 12.8. The monoisotopic (exact) mass is 233 g/mol. The average Bonchev–Trinajstić information content (AvgIpc) is 2.24. The first-order valence-electron chi connectivity index (χ1n) is 4.42. The predicted molar refractivity (Wildman–Crippen MR) is 50.0 cm³/mol. The van der Waals surface area contributed by atoms with Gasteiger partial charge < -0.3 is 10.5 Å². The van der Waals surface area contributed by atoms with Gasteiger partial charge in [0.1, 0.15) is 6.04 Å². The summed E-state index contributed by atoms with van der Waals surface area (Å²) >= 11 is 0. The summed E-state index contributed by atoms with van der Waals surface area (Å²) in [5.74, 6) is -4.88. The van der Waals surface area contributed by atoms with Gasteiger partial charge in [0.15, 0.2) is 17.5 Å². The van der Waals surface area contributed by atoms with Crippen LogP contribution in [0.5, 0.6) is 0 Å². The first-order valence-corrected chi connectivity index (χ1v) is 4.42. The molecular formula is C10H10F3NO2. The van der Waals surface area contributed by atoms with E-state index in [1.54, 1.807) is 0 Å². The van der Waals surface area contributed by atoms with Crippen molar-refractivity contribution in [3.05, 3.63) is 35.1 Å². The molecule has 16 heavy (non-hydrogen) atoms. The Morgan fingerprint density at radius 2 is 1.88 bits per heavy atom. The SMILES string of the molecule is COC(=O)[C@@H](N)Cc1cc(F)c(F)c(F)c1. The van der Waals surface area contributed by atoms with Gasteiger partial charge in [-0.1, -0.05) is 0 Å². The molecule has 3 nitrogen and oxygen atoms in total. The summed E-state index contributed by atoms with van der Waals surface area (Å²) in [6.07, 6.45) is -0.124. The van der Waals surface area contributed by atoms with Gasteiger partial charge >= 0.3 is 5.97 Å². The number of methoxy groups -OCH3 is 1. The van der Waals surface area contributed by atoms with E-state index in [2.05, 4.69) is 4.74 Å². The van der Waals surface area contributed by atoms with Gasteiger partial charge in [0.05, 0.1) is 7.11 Å². The lowest BCUT2D eigenvalue weighted by atomic mass is 10.1. The highest BCUT2D eigenvalue weighted by Gasteiger charge is 2.17. The molecule has 0 aromatic heterocycles. The Morgan fingerprint density at radius 1 is 1.38 bits per heavy atom. The van der Waals surface area contributed by atoms with Crippen molar-refractivity contribution in [2.45, 2.75) is 12.5 Å². The van der Waals surface area contributed by atoms with E-state index in [1.165, 1.54) is 0 Å². The Balaban J connectivity index is 2.86. The zero-order valence-corrected chi connectivity index (χ0v) is 8.47. The standard InChI is InChI=1S/C10H10F3NO2/c1-16-10(15)8(14)4-5-2-6(11)9(13)7(12)3-5/h2-3,8H,4,14H2,1H3/t8-/m0/s1. The molecule has 6 heteroatoms. The van der Waals surface area contributed by atoms with Gasteiger partial charge in [0, 0.05) is 0 Å². The van der Waals surface area contributed by atoms with Crippen molar-refractivity contribution in [2.75, 3.05) is 7.11 Å². The third-order valence-corrected chi connectivity index (χ3v) is 2.00. The Bertz CT molecular complexity index is 386. The van der Waals surface area contributed by atoms with Crippen molar-refractivity contribution < 1.29 is 22.7 Å². The number of benzene rings is 1. The molecule has 0 unspecified atom stereocenters. The Labute approximate surface area is 90.0 Å². The van der Waals surface area contributed by atoms with Gasteiger partial charge in [-0.2, -0.15) is 0 Å². The van der Waals surface area contributed by atoms with E-state index in [1.807, 2.05) is 0 Å². The van der Waals surface area contributed by atoms with Crippen LogP contribution in [-0.2, 0) is 16.0 Å². The largest absolute Gasteiger partial charge is 0.468 e. The Morgan fingerprint density at radius 3 is 2.31 bits per heavy atom. The van der Waals surface area contributed by atoms with E-state index in [0.29, 0.717) is 0 Å². The smallest absolute Gasteiger partial charge is 0.322 e. The zero-order valence-electron chi connectivity index (χ0n) is 8.47. The summed E-state index contributed by atoms with van der Waals surface area (Å²) in [5, 5.41) is 0. The molecule has 0 spiro atoms. The maximum Gasteiger partial charge on any atom is 0.322 e. The Hall–Kier alpha value is -1.56. The van der Waals surface area contributed by atoms with Crippen LogP contribution in [0.4, 0.5) is 13.2 Å². The summed E-state index contributed by atoms with van der Waals surface area (Å²) in [5.41, 5.74) is 5.48. The molecule has 88 valence electrons. The molecule has 0 saturated heterocycles. The number of halogens is 3. The lowest BCUT2D eigenvalue weighted by molar-refractivity contribution is -0.142. The van der Waals surface area contributed by atoms with Crippen LogP contribution in [0.1, 0.15) is 5.56 Å². The van der Waals surface area contributed by atoms with Crippen LogP contribution in [0.2, 0.25) is 0 Å². The molecule has 0 fully saturated rings. The van der Waals surface area contributed by atoms with E-state index in [0.717, 1.165) is 19.2 Å². The van der Waals surface area contributed by atoms with Gasteiger partial charge in [0.25, 0.3) is 0 Å². The molecule has 1 rings (SSSR count). The molecule has 1 aromatic rings. The number of nitrogens with two attached hydrogens (primary N) is 1. The quantitative estimate of drug-likeness (QED) is 0.629. The highest BCUT2D eigenvalue weighted by molar-refractivity contribution is 5.75. The minimum absolute atomic E-state index is 0.0919. The van der Waals surface area contributed by atoms with Gasteiger partial charge in [-0.25, -0.2) is 13.2 Å². The minimum atomic E-state index is -1.55. The van der Waals surface area contributed by atoms with Crippen molar-refractivity contribution >= 4 is 5.97 Å². The van der Waals surface area contributed by atoms with Gasteiger partial charge in [-0.05, 0) is 24.1 Å². The summed E-state index contributed by atoms with van der Waals surface area (Å²) < 4.78 is 42.5. The minimum Gasteiger partial charge on any atom is -0.468 e. The number of ether oxygens (including phenoxy) is 1. The van der Waals surface area contributed by atoms with Crippen molar-refractivity contribution in [1.82, 2.24) is 0 Å². The number of hydrogen-bond acceptors (Lipinski definition) is 3. The van der Waals surface area contributed by atoms with Gasteiger partial charge in [0.2, 0.25) is 0 Å². The molecule has 0 amide bonds. The number of hydrogen-bond donors (Lipinski definition) is 1. The summed E-state index contributed by atoms with van der Waals surface area (Å²) in [7, 11) is 1.15. The van der Waals surface area contributed by atoms with Gasteiger partial charge in [-0.3, -0.25) is 4.79 Å². The third-order valence-electron chi connectivity index (χ3n) is 2.00. The number of esters is 1. The number of carbonyl (C=O) groups is 1. The third kappa shape index (κ3) is 2.73. The highest BCUT2D eigenvalue weighted by Crippen LogP contribution is 2.14. The molecule has 0 heterocycles. The van der Waals surface area contributed by atoms with Crippen LogP contribution >= 0.6 is 0 Å². The van der Waals surface area contributed by atoms with Crippen LogP contribution < -0.4 is 5.73 Å². The molecule has 1 atom stereocenters. The lowest BCUT2D eigenvalue weighted by Crippen LogP contribution is -2.33. The normalized spacial score (nSPS) is 12.3. The second kappa shape index (κ2) is 4.98. The molecule has 0 aliphatic rings. The predicted octanol–water partition coefficient (Wildman–Crippen LogP) is 1.15. The molecule has 0 aliphatic carbocycles. The zero-order chi connectivity index (χ0) is 12.3. The van der Waals surface area contributed by atoms with Crippen LogP contribution in [0.3, 0.4) is 0 Å². The van der Waals surface area contributed by atoms with Crippen molar-refractivity contribution in [3.8, 4) is 0 Å². The second-order valence-corrected chi connectivity index (χ2v) is 3.21. The fourth-order valence-electron chi connectivity index (χ4n) is 1.21. The Kier molecular flexibility index (Phi) is 3.89. The fraction of sp³-hybridized carbons (Fsp3) is 0.300. The summed E-state index contributed by atoms with van der Waals surface area (Å²) in [6.45, 7) is 0. The lowest BCUT2D eigenvalue weighted by Gasteiger charge is -2.09. The van der Waals surface area contributed by atoms with Crippen molar-refractivity contribution in [1.29, 1.82) is 0 Å². The molecule has 1 aromatic carbocycles. The van der Waals surface area contributed by atoms with E-state index < -0.39 is 29.5 Å². The highest BCUT2D eigenvalue weighted by atomic mass is 19.2. The first-order chi connectivity index (χ1) is 7.45. The maximum atomic E-state index is 12.8. The van der Waals surface area contributed by atoms with E-state index in [4.69, 9.17) is 5.73 Å². The number of carbonyl (C=O) groups excluding carboxylic acids is 1. The molecule has 0 bridgehead atoms. The van der Waals surface area contributed by atoms with Crippen LogP contribution in [0.15, 0.2) is 12.1 Å². The van der Waals surface area contributed by atoms with Crippen molar-refractivity contribution in [3.63, 3.8) is 0 Å². The average molecular weight is 233 g/mol. The molecule has 0 radical (unpaired) electrons. The van der Waals surface area contributed by atoms with Gasteiger partial charge in [-0.15, -0.1) is 0 Å². The summed E-state index contributed by atoms with van der Waals surface area (Å²) in [4.78, 5) is 10.9. The molecular weight excluding hydrogens is 223 g/mol. The van der Waals surface area contributed by atoms with Crippen LogP contribution in [-0.4, -0.2) is 19.1 Å². The van der Waals surface area contributed by atoms with E-state index in [9.17, 15) is 18.0 Å². The number of rotatable bonds is 3. The van der Waals surface area contributed by atoms with E-state index in [-0.39, 0.29) is 12.0 Å². The topological polar surface area (TPSA) is 52.3 Å². The van der Waals surface area contributed by atoms with Crippen molar-refractivity contribution in [2.24, 2.45) is 5.73 Å². The molecule has 2 N–H and O–H groups in total. The van der Waals surface area contributed by atoms with Crippen LogP contribution in [0.25, 0.3) is 0 Å². The summed E-state index contributed by atoms with van der Waals surface area (Å²) in [6, 6.07) is 0.553. The molecule has 0 saturated carbocycles. The van der Waals surface area contributed by atoms with Crippen LogP contribution in [0, 0.1) is 17.5 Å². The second-order valence-electron chi connectivity index (χ2n) is 3.21. The molecule has 0 aliphatic heterocycles. The van der Waals surface area contributed by atoms with E-state index >= 15 is 0 Å². The first kappa shape index (κ1) is 12.5.